The number of hydrogen-bond acceptors (Lipinski definition) is 4. The molecular weight excluding hydrogens is 291 g/mol. The van der Waals surface area contributed by atoms with Crippen LogP contribution < -0.4 is 0 Å². The molecule has 0 amide bonds. The summed E-state index contributed by atoms with van der Waals surface area (Å²) >= 11 is -4.84. The third-order valence-electron chi connectivity index (χ3n) is 1.70. The van der Waals surface area contributed by atoms with E-state index in [9.17, 15) is 0 Å². The summed E-state index contributed by atoms with van der Waals surface area (Å²) in [6.07, 6.45) is -0.516. The zero-order chi connectivity index (χ0) is 14.6. The van der Waals surface area contributed by atoms with Gasteiger partial charge in [-0.15, -0.1) is 0 Å². The molecule has 0 unspecified atom stereocenters. The maximum absolute atomic E-state index is 6.68. The second kappa shape index (κ2) is 7.03. The molecule has 0 spiro atoms. The Morgan fingerprint density at radius 1 is 0.556 bits per heavy atom. The van der Waals surface area contributed by atoms with Gasteiger partial charge in [-0.3, -0.25) is 0 Å². The molecule has 0 aromatic carbocycles. The van der Waals surface area contributed by atoms with Crippen LogP contribution in [0.25, 0.3) is 0 Å². The Morgan fingerprint density at radius 3 is 0.833 bits per heavy atom. The molecule has 0 aliphatic rings. The van der Waals surface area contributed by atoms with Crippen LogP contribution in [-0.2, 0) is 29.1 Å². The molecule has 0 saturated heterocycles. The summed E-state index contributed by atoms with van der Waals surface area (Å²) in [5, 5.41) is 0. The van der Waals surface area contributed by atoms with Crippen molar-refractivity contribution in [1.82, 2.24) is 0 Å². The number of halogens is 1. The second-order valence-corrected chi connectivity index (χ2v) is 12.0. The first-order valence-corrected chi connectivity index (χ1v) is 11.3. The van der Waals surface area contributed by atoms with Gasteiger partial charge in [-0.05, 0) is 0 Å². The first-order chi connectivity index (χ1) is 7.96. The average Bonchev–Trinajstić information content (AvgIpc) is 1.92. The van der Waals surface area contributed by atoms with Crippen LogP contribution in [0, 0.1) is 0 Å². The molecule has 6 heteroatoms. The number of hydrogen-bond donors (Lipinski definition) is 0. The second-order valence-electron chi connectivity index (χ2n) is 5.48. The van der Waals surface area contributed by atoms with Crippen molar-refractivity contribution in [3.63, 3.8) is 0 Å². The van der Waals surface area contributed by atoms with Gasteiger partial charge in [0.15, 0.2) is 0 Å². The Hall–Kier alpha value is 0.844. The maximum atomic E-state index is 6.68. The molecule has 0 N–H and O–H groups in total. The fourth-order valence-corrected chi connectivity index (χ4v) is 9.86. The van der Waals surface area contributed by atoms with Crippen LogP contribution in [0.3, 0.4) is 0 Å². The van der Waals surface area contributed by atoms with E-state index < -0.39 is 15.8 Å². The molecule has 0 fully saturated rings. The first kappa shape index (κ1) is 18.8. The van der Waals surface area contributed by atoms with Crippen LogP contribution in [0.4, 0.5) is 0 Å². The van der Waals surface area contributed by atoms with Crippen LogP contribution in [0.15, 0.2) is 0 Å². The van der Waals surface area contributed by atoms with E-state index in [1.165, 1.54) is 0 Å². The van der Waals surface area contributed by atoms with Gasteiger partial charge in [-0.25, -0.2) is 0 Å². The third-order valence-corrected chi connectivity index (χ3v) is 8.47. The van der Waals surface area contributed by atoms with Crippen molar-refractivity contribution in [2.24, 2.45) is 0 Å². The fraction of sp³-hybridized carbons (Fsp3) is 1.00. The molecule has 0 aliphatic carbocycles. The van der Waals surface area contributed by atoms with E-state index in [1.54, 1.807) is 0 Å². The van der Waals surface area contributed by atoms with Crippen LogP contribution in [0.1, 0.15) is 55.4 Å². The molecule has 0 heterocycles. The SMILES string of the molecule is CC(C)[O][Ti-]([Cl])([O]C(C)C)([O]C(C)C)[O]C(C)C. The van der Waals surface area contributed by atoms with Gasteiger partial charge in [-0.2, -0.15) is 0 Å². The van der Waals surface area contributed by atoms with Crippen LogP contribution in [-0.4, -0.2) is 24.4 Å². The van der Waals surface area contributed by atoms with E-state index in [0.29, 0.717) is 0 Å². The van der Waals surface area contributed by atoms with Gasteiger partial charge in [0.1, 0.15) is 0 Å². The van der Waals surface area contributed by atoms with Crippen molar-refractivity contribution in [2.45, 2.75) is 79.8 Å². The fourth-order valence-electron chi connectivity index (χ4n) is 1.68. The van der Waals surface area contributed by atoms with Gasteiger partial charge in [0.2, 0.25) is 0 Å². The summed E-state index contributed by atoms with van der Waals surface area (Å²) < 4.78 is 23.4. The Bertz CT molecular complexity index is 205. The van der Waals surface area contributed by atoms with Crippen molar-refractivity contribution >= 4 is 9.30 Å². The van der Waals surface area contributed by atoms with Crippen molar-refractivity contribution in [3.05, 3.63) is 0 Å². The first-order valence-electron chi connectivity index (χ1n) is 6.57. The molecule has 0 saturated carbocycles. The monoisotopic (exact) mass is 319 g/mol. The van der Waals surface area contributed by atoms with Crippen molar-refractivity contribution in [2.75, 3.05) is 0 Å². The van der Waals surface area contributed by atoms with Gasteiger partial charge in [0.25, 0.3) is 0 Å². The minimum atomic E-state index is -4.84. The normalized spacial score (nSPS) is 15.7. The van der Waals surface area contributed by atoms with Crippen molar-refractivity contribution in [3.8, 4) is 0 Å². The Labute approximate surface area is 118 Å². The van der Waals surface area contributed by atoms with Gasteiger partial charge in [0.05, 0.1) is 0 Å². The number of rotatable bonds is 8. The van der Waals surface area contributed by atoms with E-state index >= 15 is 0 Å². The predicted molar refractivity (Wildman–Crippen MR) is 70.7 cm³/mol. The summed E-state index contributed by atoms with van der Waals surface area (Å²) in [5.41, 5.74) is 0. The van der Waals surface area contributed by atoms with Crippen LogP contribution in [0.5, 0.6) is 0 Å². The van der Waals surface area contributed by atoms with Crippen molar-refractivity contribution in [1.29, 1.82) is 0 Å². The molecule has 0 bridgehead atoms. The quantitative estimate of drug-likeness (QED) is 0.629. The zero-order valence-electron chi connectivity index (χ0n) is 12.8. The van der Waals surface area contributed by atoms with Gasteiger partial charge >= 0.3 is 118 Å². The zero-order valence-corrected chi connectivity index (χ0v) is 15.1. The van der Waals surface area contributed by atoms with E-state index in [0.717, 1.165) is 0 Å². The molecule has 0 aliphatic heterocycles. The molecule has 0 rings (SSSR count). The molecule has 112 valence electrons. The topological polar surface area (TPSA) is 36.9 Å². The molecule has 0 aromatic rings. The van der Waals surface area contributed by atoms with Gasteiger partial charge in [-0.1, -0.05) is 0 Å². The predicted octanol–water partition coefficient (Wildman–Crippen LogP) is 4.19. The van der Waals surface area contributed by atoms with Gasteiger partial charge < -0.3 is 0 Å². The molecular formula is C12H28ClO4Ti-. The standard InChI is InChI=1S/4C3H7O.ClH.Ti/c4*1-3(2)4;;/h4*3H,1-2H3;1H;/q4*-1;;+4/p-1. The summed E-state index contributed by atoms with van der Waals surface area (Å²) in [4.78, 5) is 0. The van der Waals surface area contributed by atoms with Crippen LogP contribution in [0.2, 0.25) is 0 Å². The van der Waals surface area contributed by atoms with Crippen LogP contribution >= 0.6 is 9.30 Å². The molecule has 0 radical (unpaired) electrons. The summed E-state index contributed by atoms with van der Waals surface area (Å²) in [6, 6.07) is 0. The summed E-state index contributed by atoms with van der Waals surface area (Å²) in [7, 11) is 6.68. The molecule has 4 nitrogen and oxygen atoms in total. The Kier molecular flexibility index (Phi) is 7.36. The van der Waals surface area contributed by atoms with E-state index in [2.05, 4.69) is 0 Å². The van der Waals surface area contributed by atoms with E-state index in [4.69, 9.17) is 22.6 Å². The average molecular weight is 320 g/mol. The minimum absolute atomic E-state index is 0.129. The molecule has 0 atom stereocenters. The Morgan fingerprint density at radius 2 is 0.722 bits per heavy atom. The Balaban J connectivity index is 5.35. The third kappa shape index (κ3) is 6.85. The molecule has 0 aromatic heterocycles. The van der Waals surface area contributed by atoms with E-state index in [-0.39, 0.29) is 24.4 Å². The summed E-state index contributed by atoms with van der Waals surface area (Å²) in [5.74, 6) is 0. The molecule has 18 heavy (non-hydrogen) atoms. The van der Waals surface area contributed by atoms with Gasteiger partial charge in [0, 0.05) is 0 Å². The van der Waals surface area contributed by atoms with E-state index in [1.807, 2.05) is 55.4 Å². The van der Waals surface area contributed by atoms with Crippen molar-refractivity contribution < 1.29 is 29.1 Å². The summed E-state index contributed by atoms with van der Waals surface area (Å²) in [6.45, 7) is 15.1.